The summed E-state index contributed by atoms with van der Waals surface area (Å²) in [5.41, 5.74) is 2.22. The summed E-state index contributed by atoms with van der Waals surface area (Å²) in [5.74, 6) is 0.175. The van der Waals surface area contributed by atoms with Gasteiger partial charge in [0.2, 0.25) is 0 Å². The van der Waals surface area contributed by atoms with Crippen molar-refractivity contribution >= 4 is 24.1 Å². The molecule has 0 radical (unpaired) electrons. The normalized spacial score (nSPS) is 16.8. The summed E-state index contributed by atoms with van der Waals surface area (Å²) < 4.78 is 0. The average molecular weight is 379 g/mol. The van der Waals surface area contributed by atoms with Crippen molar-refractivity contribution in [2.75, 3.05) is 20.1 Å². The van der Waals surface area contributed by atoms with Crippen LogP contribution >= 0.6 is 0 Å². The molecule has 3 rings (SSSR count). The Balaban J connectivity index is 1.61. The van der Waals surface area contributed by atoms with E-state index >= 15 is 0 Å². The molecule has 0 aromatic carbocycles. The van der Waals surface area contributed by atoms with Gasteiger partial charge < -0.3 is 10.2 Å². The van der Waals surface area contributed by atoms with Gasteiger partial charge in [0.05, 0.1) is 24.3 Å². The first-order valence-electron chi connectivity index (χ1n) is 9.52. The lowest BCUT2D eigenvalue weighted by Gasteiger charge is -2.23. The lowest BCUT2D eigenvalue weighted by molar-refractivity contribution is -0.119. The van der Waals surface area contributed by atoms with Gasteiger partial charge in [-0.25, -0.2) is 9.98 Å². The van der Waals surface area contributed by atoms with Crippen molar-refractivity contribution in [1.82, 2.24) is 20.2 Å². The molecule has 28 heavy (non-hydrogen) atoms. The highest BCUT2D eigenvalue weighted by Crippen LogP contribution is 2.22. The lowest BCUT2D eigenvalue weighted by atomic mass is 10.00. The number of ketones is 1. The highest BCUT2D eigenvalue weighted by atomic mass is 16.1. The average Bonchev–Trinajstić information content (AvgIpc) is 2.73. The lowest BCUT2D eigenvalue weighted by Crippen LogP contribution is -2.37. The minimum atomic E-state index is 0.175. The SMILES string of the molecule is CN(C=Nc1ccc(-c2cccnc2)nc1C=O)CC(=O)C[C@@H]1CCCCN1. The Morgan fingerprint density at radius 2 is 2.25 bits per heavy atom. The molecule has 0 bridgehead atoms. The zero-order valence-corrected chi connectivity index (χ0v) is 16.0. The van der Waals surface area contributed by atoms with Crippen LogP contribution in [0.1, 0.15) is 36.2 Å². The molecule has 7 nitrogen and oxygen atoms in total. The molecule has 2 aromatic rings. The number of nitrogens with one attached hydrogen (secondary N) is 1. The van der Waals surface area contributed by atoms with E-state index in [4.69, 9.17) is 0 Å². The summed E-state index contributed by atoms with van der Waals surface area (Å²) in [6.07, 6.45) is 9.60. The Hall–Kier alpha value is -2.93. The molecule has 0 amide bonds. The molecule has 146 valence electrons. The summed E-state index contributed by atoms with van der Waals surface area (Å²) in [6, 6.07) is 7.54. The number of rotatable bonds is 8. The largest absolute Gasteiger partial charge is 0.358 e. The van der Waals surface area contributed by atoms with Crippen LogP contribution in [0.15, 0.2) is 41.7 Å². The molecule has 0 saturated carbocycles. The van der Waals surface area contributed by atoms with Gasteiger partial charge >= 0.3 is 0 Å². The summed E-state index contributed by atoms with van der Waals surface area (Å²) in [6.45, 7) is 1.28. The summed E-state index contributed by atoms with van der Waals surface area (Å²) in [4.78, 5) is 38.2. The molecule has 1 aliphatic rings. The second-order valence-electron chi connectivity index (χ2n) is 7.01. The number of aromatic nitrogens is 2. The van der Waals surface area contributed by atoms with Crippen molar-refractivity contribution in [2.45, 2.75) is 31.7 Å². The molecular weight excluding hydrogens is 354 g/mol. The van der Waals surface area contributed by atoms with Crippen LogP contribution in [-0.2, 0) is 4.79 Å². The standard InChI is InChI=1S/C21H25N5O2/c1-26(13-18(28)11-17-6-2-3-10-23-17)15-24-20-8-7-19(25-21(20)14-27)16-5-4-9-22-12-16/h4-5,7-9,12,14-15,17,23H,2-3,6,10-11,13H2,1H3/t17-/m0/s1. The third-order valence-electron chi connectivity index (χ3n) is 4.68. The molecule has 1 N–H and O–H groups in total. The van der Waals surface area contributed by atoms with Crippen molar-refractivity contribution in [2.24, 2.45) is 4.99 Å². The van der Waals surface area contributed by atoms with Crippen LogP contribution in [0.4, 0.5) is 5.69 Å². The van der Waals surface area contributed by atoms with Crippen LogP contribution in [0.2, 0.25) is 0 Å². The Labute approximate surface area is 164 Å². The van der Waals surface area contributed by atoms with Gasteiger partial charge in [-0.3, -0.25) is 14.6 Å². The van der Waals surface area contributed by atoms with E-state index in [2.05, 4.69) is 20.3 Å². The number of carbonyl (C=O) groups excluding carboxylic acids is 2. The van der Waals surface area contributed by atoms with Crippen molar-refractivity contribution < 1.29 is 9.59 Å². The molecule has 1 fully saturated rings. The summed E-state index contributed by atoms with van der Waals surface area (Å²) >= 11 is 0. The smallest absolute Gasteiger partial charge is 0.170 e. The quantitative estimate of drug-likeness (QED) is 0.431. The van der Waals surface area contributed by atoms with Crippen molar-refractivity contribution in [1.29, 1.82) is 0 Å². The van der Waals surface area contributed by atoms with Crippen LogP contribution in [0, 0.1) is 0 Å². The molecule has 0 spiro atoms. The van der Waals surface area contributed by atoms with Crippen molar-refractivity contribution in [3.05, 3.63) is 42.4 Å². The van der Waals surface area contributed by atoms with E-state index in [1.165, 1.54) is 12.8 Å². The number of nitrogens with zero attached hydrogens (tertiary/aromatic N) is 4. The predicted octanol–water partition coefficient (Wildman–Crippen LogP) is 2.65. The van der Waals surface area contributed by atoms with E-state index in [1.54, 1.807) is 42.8 Å². The predicted molar refractivity (Wildman–Crippen MR) is 109 cm³/mol. The third kappa shape index (κ3) is 5.53. The monoisotopic (exact) mass is 379 g/mol. The molecule has 0 aliphatic carbocycles. The van der Waals surface area contributed by atoms with Gasteiger partial charge in [0, 0.05) is 37.5 Å². The van der Waals surface area contributed by atoms with E-state index < -0.39 is 0 Å². The van der Waals surface area contributed by atoms with Crippen LogP contribution < -0.4 is 5.32 Å². The minimum absolute atomic E-state index is 0.175. The Bertz CT molecular complexity index is 832. The maximum absolute atomic E-state index is 12.2. The number of aliphatic imine (C=N–C) groups is 1. The van der Waals surface area contributed by atoms with Crippen molar-refractivity contribution in [3.8, 4) is 11.3 Å². The molecule has 1 saturated heterocycles. The summed E-state index contributed by atoms with van der Waals surface area (Å²) in [7, 11) is 1.80. The number of piperidine rings is 1. The zero-order valence-electron chi connectivity index (χ0n) is 16.0. The topological polar surface area (TPSA) is 87.6 Å². The minimum Gasteiger partial charge on any atom is -0.358 e. The van der Waals surface area contributed by atoms with Gasteiger partial charge in [-0.05, 0) is 43.7 Å². The van der Waals surface area contributed by atoms with Gasteiger partial charge in [-0.2, -0.15) is 0 Å². The van der Waals surface area contributed by atoms with E-state index in [9.17, 15) is 9.59 Å². The van der Waals surface area contributed by atoms with Crippen LogP contribution in [0.5, 0.6) is 0 Å². The van der Waals surface area contributed by atoms with Gasteiger partial charge in [-0.15, -0.1) is 0 Å². The van der Waals surface area contributed by atoms with Crippen LogP contribution in [-0.4, -0.2) is 59.5 Å². The van der Waals surface area contributed by atoms with Gasteiger partial charge in [0.25, 0.3) is 0 Å². The van der Waals surface area contributed by atoms with Crippen molar-refractivity contribution in [3.63, 3.8) is 0 Å². The molecule has 3 heterocycles. The number of hydrogen-bond donors (Lipinski definition) is 1. The first-order valence-corrected chi connectivity index (χ1v) is 9.52. The maximum atomic E-state index is 12.2. The maximum Gasteiger partial charge on any atom is 0.170 e. The van der Waals surface area contributed by atoms with E-state index in [0.29, 0.717) is 30.6 Å². The zero-order chi connectivity index (χ0) is 19.8. The first kappa shape index (κ1) is 19.8. The molecule has 0 unspecified atom stereocenters. The second kappa shape index (κ2) is 9.85. The molecule has 1 atom stereocenters. The summed E-state index contributed by atoms with van der Waals surface area (Å²) in [5, 5.41) is 3.39. The fourth-order valence-electron chi connectivity index (χ4n) is 3.26. The molecule has 2 aromatic heterocycles. The Morgan fingerprint density at radius 3 is 2.96 bits per heavy atom. The molecular formula is C21H25N5O2. The highest BCUT2D eigenvalue weighted by Gasteiger charge is 2.16. The number of carbonyl (C=O) groups is 2. The highest BCUT2D eigenvalue weighted by molar-refractivity contribution is 5.85. The van der Waals surface area contributed by atoms with Crippen LogP contribution in [0.25, 0.3) is 11.3 Å². The second-order valence-corrected chi connectivity index (χ2v) is 7.01. The fraction of sp³-hybridized carbons (Fsp3) is 0.381. The fourth-order valence-corrected chi connectivity index (χ4v) is 3.26. The van der Waals surface area contributed by atoms with Gasteiger partial charge in [-0.1, -0.05) is 6.42 Å². The van der Waals surface area contributed by atoms with Crippen LogP contribution in [0.3, 0.4) is 0 Å². The molecule has 7 heteroatoms. The Morgan fingerprint density at radius 1 is 1.36 bits per heavy atom. The van der Waals surface area contributed by atoms with Gasteiger partial charge in [0.15, 0.2) is 12.1 Å². The number of Topliss-reactive ketones (excluding diaryl/α,β-unsaturated/α-hetero) is 1. The number of pyridine rings is 2. The first-order chi connectivity index (χ1) is 13.7. The van der Waals surface area contributed by atoms with Gasteiger partial charge in [0.1, 0.15) is 5.69 Å². The third-order valence-corrected chi connectivity index (χ3v) is 4.68. The number of hydrogen-bond acceptors (Lipinski definition) is 6. The van der Waals surface area contributed by atoms with E-state index in [-0.39, 0.29) is 17.5 Å². The number of likely N-dealkylation sites (N-methyl/N-ethyl adjacent to an activating group) is 1. The Kier molecular flexibility index (Phi) is 6.97. The van der Waals surface area contributed by atoms with E-state index in [1.807, 2.05) is 12.1 Å². The van der Waals surface area contributed by atoms with E-state index in [0.717, 1.165) is 18.5 Å². The number of aldehydes is 1. The molecule has 1 aliphatic heterocycles.